The molecule has 0 spiro atoms. The van der Waals surface area contributed by atoms with Crippen molar-refractivity contribution >= 4 is 0 Å². The van der Waals surface area contributed by atoms with Gasteiger partial charge in [0.15, 0.2) is 0 Å². The van der Waals surface area contributed by atoms with E-state index in [2.05, 4.69) is 36.4 Å². The second kappa shape index (κ2) is 9.75. The Bertz CT molecular complexity index is 369. The van der Waals surface area contributed by atoms with Crippen LogP contribution in [0.3, 0.4) is 0 Å². The summed E-state index contributed by atoms with van der Waals surface area (Å²) in [4.78, 5) is 2.23. The number of ether oxygens (including phenoxy) is 2. The number of methoxy groups -OCH3 is 2. The summed E-state index contributed by atoms with van der Waals surface area (Å²) in [6, 6.07) is 8.64. The van der Waals surface area contributed by atoms with Crippen molar-refractivity contribution in [3.05, 3.63) is 29.8 Å². The Hall–Kier alpha value is -1.10. The van der Waals surface area contributed by atoms with Crippen molar-refractivity contribution < 1.29 is 9.47 Å². The Morgan fingerprint density at radius 1 is 1.20 bits per heavy atom. The van der Waals surface area contributed by atoms with Crippen LogP contribution in [-0.4, -0.2) is 52.9 Å². The van der Waals surface area contributed by atoms with Crippen molar-refractivity contribution in [2.24, 2.45) is 0 Å². The summed E-state index contributed by atoms with van der Waals surface area (Å²) >= 11 is 0. The van der Waals surface area contributed by atoms with Gasteiger partial charge in [0.2, 0.25) is 0 Å². The third-order valence-electron chi connectivity index (χ3n) is 3.39. The van der Waals surface area contributed by atoms with E-state index < -0.39 is 0 Å². The fourth-order valence-corrected chi connectivity index (χ4v) is 2.18. The van der Waals surface area contributed by atoms with Gasteiger partial charge in [0, 0.05) is 26.3 Å². The Morgan fingerprint density at radius 2 is 2.00 bits per heavy atom. The molecule has 0 saturated carbocycles. The molecule has 0 fully saturated rings. The Kier molecular flexibility index (Phi) is 8.26. The zero-order valence-corrected chi connectivity index (χ0v) is 13.2. The summed E-state index contributed by atoms with van der Waals surface area (Å²) in [6.45, 7) is 2.81. The van der Waals surface area contributed by atoms with Gasteiger partial charge in [-0.3, -0.25) is 0 Å². The van der Waals surface area contributed by atoms with E-state index >= 15 is 0 Å². The normalized spacial score (nSPS) is 12.7. The van der Waals surface area contributed by atoms with Crippen molar-refractivity contribution in [1.29, 1.82) is 0 Å². The van der Waals surface area contributed by atoms with E-state index in [1.165, 1.54) is 5.56 Å². The average molecular weight is 280 g/mol. The third kappa shape index (κ3) is 5.90. The summed E-state index contributed by atoms with van der Waals surface area (Å²) in [5, 5.41) is 3.52. The van der Waals surface area contributed by atoms with Crippen molar-refractivity contribution in [3.63, 3.8) is 0 Å². The van der Waals surface area contributed by atoms with E-state index in [1.54, 1.807) is 14.2 Å². The van der Waals surface area contributed by atoms with E-state index in [4.69, 9.17) is 9.47 Å². The Balaban J connectivity index is 2.47. The standard InChI is InChI=1S/C16H28N2O2/c1-18(2)16(13-17-10-5-6-11-19-3)14-8-7-9-15(12-14)20-4/h7-9,12,16-17H,5-6,10-11,13H2,1-4H3. The molecule has 0 aliphatic carbocycles. The van der Waals surface area contributed by atoms with Crippen LogP contribution in [0.25, 0.3) is 0 Å². The van der Waals surface area contributed by atoms with Gasteiger partial charge < -0.3 is 19.7 Å². The SMILES string of the molecule is COCCCCNCC(c1cccc(OC)c1)N(C)C. The molecule has 1 unspecified atom stereocenters. The number of unbranched alkanes of at least 4 members (excludes halogenated alkanes) is 1. The maximum Gasteiger partial charge on any atom is 0.119 e. The molecule has 4 nitrogen and oxygen atoms in total. The molecule has 0 radical (unpaired) electrons. The lowest BCUT2D eigenvalue weighted by molar-refractivity contribution is 0.192. The summed E-state index contributed by atoms with van der Waals surface area (Å²) in [6.07, 6.45) is 2.25. The van der Waals surface area contributed by atoms with Gasteiger partial charge in [-0.25, -0.2) is 0 Å². The zero-order valence-electron chi connectivity index (χ0n) is 13.2. The van der Waals surface area contributed by atoms with Crippen molar-refractivity contribution in [3.8, 4) is 5.75 Å². The number of hydrogen-bond donors (Lipinski definition) is 1. The van der Waals surface area contributed by atoms with Gasteiger partial charge in [0.05, 0.1) is 7.11 Å². The fourth-order valence-electron chi connectivity index (χ4n) is 2.18. The summed E-state index contributed by atoms with van der Waals surface area (Å²) < 4.78 is 10.4. The Morgan fingerprint density at radius 3 is 2.65 bits per heavy atom. The molecule has 1 atom stereocenters. The lowest BCUT2D eigenvalue weighted by Gasteiger charge is -2.25. The maximum absolute atomic E-state index is 5.30. The number of hydrogen-bond acceptors (Lipinski definition) is 4. The molecular formula is C16H28N2O2. The molecule has 1 N–H and O–H groups in total. The van der Waals surface area contributed by atoms with Gasteiger partial charge in [-0.15, -0.1) is 0 Å². The van der Waals surface area contributed by atoms with Crippen LogP contribution in [0.1, 0.15) is 24.4 Å². The van der Waals surface area contributed by atoms with Crippen LogP contribution in [0.2, 0.25) is 0 Å². The first-order chi connectivity index (χ1) is 9.69. The predicted octanol–water partition coefficient (Wildman–Crippen LogP) is 2.31. The molecule has 20 heavy (non-hydrogen) atoms. The molecule has 0 amide bonds. The molecule has 0 aromatic heterocycles. The molecule has 0 saturated heterocycles. The van der Waals surface area contributed by atoms with Gasteiger partial charge in [0.25, 0.3) is 0 Å². The number of nitrogens with one attached hydrogen (secondary N) is 1. The van der Waals surface area contributed by atoms with Gasteiger partial charge in [-0.05, 0) is 51.2 Å². The quantitative estimate of drug-likeness (QED) is 0.667. The monoisotopic (exact) mass is 280 g/mol. The van der Waals surface area contributed by atoms with Crippen LogP contribution < -0.4 is 10.1 Å². The molecule has 0 aliphatic heterocycles. The first-order valence-corrected chi connectivity index (χ1v) is 7.19. The molecule has 114 valence electrons. The molecule has 1 aromatic rings. The minimum Gasteiger partial charge on any atom is -0.497 e. The van der Waals surface area contributed by atoms with Crippen LogP contribution >= 0.6 is 0 Å². The third-order valence-corrected chi connectivity index (χ3v) is 3.39. The van der Waals surface area contributed by atoms with Crippen LogP contribution in [0.4, 0.5) is 0 Å². The highest BCUT2D eigenvalue weighted by Crippen LogP contribution is 2.21. The van der Waals surface area contributed by atoms with Gasteiger partial charge in [0.1, 0.15) is 5.75 Å². The smallest absolute Gasteiger partial charge is 0.119 e. The van der Waals surface area contributed by atoms with Crippen molar-refractivity contribution in [2.75, 3.05) is 48.0 Å². The lowest BCUT2D eigenvalue weighted by atomic mass is 10.1. The van der Waals surface area contributed by atoms with E-state index in [-0.39, 0.29) is 0 Å². The summed E-state index contributed by atoms with van der Waals surface area (Å²) in [5.41, 5.74) is 1.28. The van der Waals surface area contributed by atoms with Gasteiger partial charge in [-0.1, -0.05) is 12.1 Å². The maximum atomic E-state index is 5.30. The van der Waals surface area contributed by atoms with Crippen LogP contribution in [0.5, 0.6) is 5.75 Å². The highest BCUT2D eigenvalue weighted by atomic mass is 16.5. The van der Waals surface area contributed by atoms with Crippen LogP contribution in [0, 0.1) is 0 Å². The van der Waals surface area contributed by atoms with Gasteiger partial charge >= 0.3 is 0 Å². The molecule has 0 heterocycles. The predicted molar refractivity (Wildman–Crippen MR) is 83.4 cm³/mol. The topological polar surface area (TPSA) is 33.7 Å². The van der Waals surface area contributed by atoms with Crippen molar-refractivity contribution in [1.82, 2.24) is 10.2 Å². The molecule has 0 bridgehead atoms. The van der Waals surface area contributed by atoms with E-state index in [1.807, 2.05) is 12.1 Å². The largest absolute Gasteiger partial charge is 0.497 e. The lowest BCUT2D eigenvalue weighted by Crippen LogP contribution is -2.31. The highest BCUT2D eigenvalue weighted by molar-refractivity contribution is 5.30. The number of rotatable bonds is 10. The first kappa shape index (κ1) is 17.0. The Labute approximate surface area is 123 Å². The van der Waals surface area contributed by atoms with Gasteiger partial charge in [-0.2, -0.15) is 0 Å². The fraction of sp³-hybridized carbons (Fsp3) is 0.625. The molecule has 1 rings (SSSR count). The minimum absolute atomic E-state index is 0.354. The number of benzene rings is 1. The molecule has 1 aromatic carbocycles. The zero-order chi connectivity index (χ0) is 14.8. The number of nitrogens with zero attached hydrogens (tertiary/aromatic N) is 1. The minimum atomic E-state index is 0.354. The average Bonchev–Trinajstić information content (AvgIpc) is 2.46. The summed E-state index contributed by atoms with van der Waals surface area (Å²) in [7, 11) is 7.67. The second-order valence-corrected chi connectivity index (χ2v) is 5.16. The second-order valence-electron chi connectivity index (χ2n) is 5.16. The van der Waals surface area contributed by atoms with Crippen LogP contribution in [-0.2, 0) is 4.74 Å². The first-order valence-electron chi connectivity index (χ1n) is 7.19. The number of likely N-dealkylation sites (N-methyl/N-ethyl adjacent to an activating group) is 1. The highest BCUT2D eigenvalue weighted by Gasteiger charge is 2.14. The molecule has 0 aliphatic rings. The molecule has 4 heteroatoms. The summed E-state index contributed by atoms with van der Waals surface area (Å²) in [5.74, 6) is 0.912. The van der Waals surface area contributed by atoms with E-state index in [0.29, 0.717) is 6.04 Å². The van der Waals surface area contributed by atoms with E-state index in [0.717, 1.165) is 38.3 Å². The van der Waals surface area contributed by atoms with Crippen molar-refractivity contribution in [2.45, 2.75) is 18.9 Å². The van der Waals surface area contributed by atoms with Crippen LogP contribution in [0.15, 0.2) is 24.3 Å². The van der Waals surface area contributed by atoms with E-state index in [9.17, 15) is 0 Å². The molecular weight excluding hydrogens is 252 g/mol.